The number of rotatable bonds is 6. The lowest BCUT2D eigenvalue weighted by molar-refractivity contribution is -0.132. The number of hydrogen-bond acceptors (Lipinski definition) is 3. The summed E-state index contributed by atoms with van der Waals surface area (Å²) in [6, 6.07) is 16.4. The van der Waals surface area contributed by atoms with E-state index in [0.717, 1.165) is 49.7 Å². The smallest absolute Gasteiger partial charge is 0.222 e. The number of benzene rings is 1. The number of piperidine rings is 1. The summed E-state index contributed by atoms with van der Waals surface area (Å²) in [6.45, 7) is 5.89. The number of pyridine rings is 1. The van der Waals surface area contributed by atoms with Crippen LogP contribution in [0.15, 0.2) is 60.9 Å². The van der Waals surface area contributed by atoms with E-state index >= 15 is 0 Å². The molecule has 1 unspecified atom stereocenters. The van der Waals surface area contributed by atoms with Crippen LogP contribution in [0, 0.1) is 0 Å². The fourth-order valence-electron chi connectivity index (χ4n) is 4.24. The SMILES string of the molecule is CC(C)c1nccn1-c1cccc(C2CCCN(C(=O)CCc3ccccc3)C2)n1. The molecule has 1 saturated heterocycles. The Kier molecular flexibility index (Phi) is 6.26. The van der Waals surface area contributed by atoms with E-state index in [1.807, 2.05) is 41.6 Å². The van der Waals surface area contributed by atoms with Crippen molar-refractivity contribution in [3.8, 4) is 5.82 Å². The van der Waals surface area contributed by atoms with Crippen molar-refractivity contribution in [3.63, 3.8) is 0 Å². The zero-order valence-corrected chi connectivity index (χ0v) is 17.9. The molecule has 1 aliphatic rings. The van der Waals surface area contributed by atoms with E-state index < -0.39 is 0 Å². The molecule has 3 heterocycles. The summed E-state index contributed by atoms with van der Waals surface area (Å²) >= 11 is 0. The van der Waals surface area contributed by atoms with Gasteiger partial charge in [-0.25, -0.2) is 9.97 Å². The Bertz CT molecular complexity index is 980. The maximum Gasteiger partial charge on any atom is 0.222 e. The first-order valence-electron chi connectivity index (χ1n) is 10.9. The van der Waals surface area contributed by atoms with Gasteiger partial charge >= 0.3 is 0 Å². The van der Waals surface area contributed by atoms with Gasteiger partial charge in [-0.1, -0.05) is 50.2 Å². The van der Waals surface area contributed by atoms with Crippen molar-refractivity contribution in [2.75, 3.05) is 13.1 Å². The average Bonchev–Trinajstić information content (AvgIpc) is 3.29. The van der Waals surface area contributed by atoms with Crippen LogP contribution in [0.2, 0.25) is 0 Å². The molecule has 156 valence electrons. The number of aromatic nitrogens is 3. The Morgan fingerprint density at radius 2 is 1.97 bits per heavy atom. The Morgan fingerprint density at radius 3 is 2.77 bits per heavy atom. The van der Waals surface area contributed by atoms with Crippen LogP contribution in [0.4, 0.5) is 0 Å². The molecular formula is C25H30N4O. The van der Waals surface area contributed by atoms with Crippen molar-refractivity contribution in [1.29, 1.82) is 0 Å². The van der Waals surface area contributed by atoms with Crippen molar-refractivity contribution < 1.29 is 4.79 Å². The molecule has 30 heavy (non-hydrogen) atoms. The summed E-state index contributed by atoms with van der Waals surface area (Å²) in [5.74, 6) is 2.78. The number of nitrogens with zero attached hydrogens (tertiary/aromatic N) is 4. The number of amides is 1. The van der Waals surface area contributed by atoms with E-state index in [1.165, 1.54) is 5.56 Å². The monoisotopic (exact) mass is 402 g/mol. The standard InChI is InChI=1S/C25H30N4O/c1-19(2)25-26-15-17-29(25)23-12-6-11-22(27-23)21-10-7-16-28(18-21)24(30)14-13-20-8-4-3-5-9-20/h3-6,8-9,11-12,15,17,19,21H,7,10,13-14,16,18H2,1-2H3. The van der Waals surface area contributed by atoms with Crippen LogP contribution < -0.4 is 0 Å². The lowest BCUT2D eigenvalue weighted by Crippen LogP contribution is -2.39. The second-order valence-corrected chi connectivity index (χ2v) is 8.40. The Balaban J connectivity index is 1.44. The predicted molar refractivity (Wildman–Crippen MR) is 119 cm³/mol. The molecule has 0 bridgehead atoms. The zero-order chi connectivity index (χ0) is 20.9. The van der Waals surface area contributed by atoms with Gasteiger partial charge < -0.3 is 4.90 Å². The highest BCUT2D eigenvalue weighted by molar-refractivity contribution is 5.76. The minimum atomic E-state index is 0.247. The van der Waals surface area contributed by atoms with Gasteiger partial charge in [-0.05, 0) is 37.0 Å². The second kappa shape index (κ2) is 9.24. The highest BCUT2D eigenvalue weighted by atomic mass is 16.2. The van der Waals surface area contributed by atoms with Crippen molar-refractivity contribution in [2.45, 2.75) is 51.4 Å². The summed E-state index contributed by atoms with van der Waals surface area (Å²) in [6.07, 6.45) is 7.26. The van der Waals surface area contributed by atoms with Gasteiger partial charge in [0.05, 0.1) is 0 Å². The lowest BCUT2D eigenvalue weighted by atomic mass is 9.94. The first kappa shape index (κ1) is 20.3. The minimum absolute atomic E-state index is 0.247. The molecule has 3 aromatic rings. The molecule has 0 N–H and O–H groups in total. The van der Waals surface area contributed by atoms with Gasteiger partial charge in [-0.3, -0.25) is 9.36 Å². The number of imidazole rings is 1. The number of aryl methyl sites for hydroxylation is 1. The average molecular weight is 403 g/mol. The molecule has 1 amide bonds. The molecule has 5 nitrogen and oxygen atoms in total. The molecule has 0 aliphatic carbocycles. The fourth-order valence-corrected chi connectivity index (χ4v) is 4.24. The van der Waals surface area contributed by atoms with Gasteiger partial charge in [-0.15, -0.1) is 0 Å². The van der Waals surface area contributed by atoms with E-state index in [2.05, 4.69) is 47.7 Å². The summed E-state index contributed by atoms with van der Waals surface area (Å²) in [7, 11) is 0. The van der Waals surface area contributed by atoms with Gasteiger partial charge in [-0.2, -0.15) is 0 Å². The van der Waals surface area contributed by atoms with E-state index in [1.54, 1.807) is 0 Å². The van der Waals surface area contributed by atoms with E-state index in [-0.39, 0.29) is 11.8 Å². The molecular weight excluding hydrogens is 372 g/mol. The summed E-state index contributed by atoms with van der Waals surface area (Å²) < 4.78 is 2.07. The molecule has 4 rings (SSSR count). The third-order valence-corrected chi connectivity index (χ3v) is 5.85. The van der Waals surface area contributed by atoms with Gasteiger partial charge in [0.2, 0.25) is 5.91 Å². The van der Waals surface area contributed by atoms with E-state index in [9.17, 15) is 4.79 Å². The van der Waals surface area contributed by atoms with Crippen LogP contribution >= 0.6 is 0 Å². The fraction of sp³-hybridized carbons (Fsp3) is 0.400. The van der Waals surface area contributed by atoms with Crippen molar-refractivity contribution in [3.05, 3.63) is 78.0 Å². The predicted octanol–water partition coefficient (Wildman–Crippen LogP) is 4.73. The second-order valence-electron chi connectivity index (χ2n) is 8.40. The zero-order valence-electron chi connectivity index (χ0n) is 17.9. The summed E-state index contributed by atoms with van der Waals surface area (Å²) in [5.41, 5.74) is 2.28. The largest absolute Gasteiger partial charge is 0.342 e. The van der Waals surface area contributed by atoms with E-state index in [4.69, 9.17) is 4.98 Å². The summed E-state index contributed by atoms with van der Waals surface area (Å²) in [5, 5.41) is 0. The molecule has 2 aromatic heterocycles. The maximum atomic E-state index is 12.8. The van der Waals surface area contributed by atoms with Crippen molar-refractivity contribution in [1.82, 2.24) is 19.4 Å². The normalized spacial score (nSPS) is 16.8. The van der Waals surface area contributed by atoms with Crippen LogP contribution in [0.25, 0.3) is 5.82 Å². The van der Waals surface area contributed by atoms with Gasteiger partial charge in [0.15, 0.2) is 0 Å². The highest BCUT2D eigenvalue weighted by Gasteiger charge is 2.25. The third kappa shape index (κ3) is 4.61. The molecule has 0 radical (unpaired) electrons. The van der Waals surface area contributed by atoms with Crippen LogP contribution in [0.1, 0.15) is 62.0 Å². The number of carbonyl (C=O) groups excluding carboxylic acids is 1. The first-order chi connectivity index (χ1) is 14.6. The Hall–Kier alpha value is -2.95. The van der Waals surface area contributed by atoms with Crippen LogP contribution in [-0.4, -0.2) is 38.4 Å². The van der Waals surface area contributed by atoms with Gasteiger partial charge in [0.1, 0.15) is 11.6 Å². The number of likely N-dealkylation sites (tertiary alicyclic amines) is 1. The highest BCUT2D eigenvalue weighted by Crippen LogP contribution is 2.27. The van der Waals surface area contributed by atoms with Gasteiger partial charge in [0, 0.05) is 49.4 Å². The van der Waals surface area contributed by atoms with Crippen LogP contribution in [0.3, 0.4) is 0 Å². The minimum Gasteiger partial charge on any atom is -0.342 e. The molecule has 1 fully saturated rings. The third-order valence-electron chi connectivity index (χ3n) is 5.85. The Morgan fingerprint density at radius 1 is 1.13 bits per heavy atom. The first-order valence-corrected chi connectivity index (χ1v) is 10.9. The van der Waals surface area contributed by atoms with Crippen LogP contribution in [-0.2, 0) is 11.2 Å². The van der Waals surface area contributed by atoms with Crippen LogP contribution in [0.5, 0.6) is 0 Å². The Labute approximate surface area is 178 Å². The molecule has 0 spiro atoms. The van der Waals surface area contributed by atoms with E-state index in [0.29, 0.717) is 12.3 Å². The molecule has 1 atom stereocenters. The molecule has 0 saturated carbocycles. The van der Waals surface area contributed by atoms with Crippen molar-refractivity contribution >= 4 is 5.91 Å². The summed E-state index contributed by atoms with van der Waals surface area (Å²) in [4.78, 5) is 24.3. The molecule has 1 aromatic carbocycles. The topological polar surface area (TPSA) is 51.0 Å². The van der Waals surface area contributed by atoms with Crippen molar-refractivity contribution in [2.24, 2.45) is 0 Å². The molecule has 1 aliphatic heterocycles. The van der Waals surface area contributed by atoms with Gasteiger partial charge in [0.25, 0.3) is 0 Å². The number of hydrogen-bond donors (Lipinski definition) is 0. The molecule has 5 heteroatoms. The maximum absolute atomic E-state index is 12.8. The quantitative estimate of drug-likeness (QED) is 0.599. The lowest BCUT2D eigenvalue weighted by Gasteiger charge is -2.32. The number of carbonyl (C=O) groups is 1.